The number of hydrogen-bond acceptors (Lipinski definition) is 2. The molecular formula is C13H12BrF4N3. The maximum absolute atomic E-state index is 14.1. The zero-order valence-electron chi connectivity index (χ0n) is 10.7. The molecule has 0 bridgehead atoms. The number of hydrogen-bond donors (Lipinski definition) is 1. The van der Waals surface area contributed by atoms with Gasteiger partial charge in [-0.2, -0.15) is 17.6 Å². The van der Waals surface area contributed by atoms with Crippen molar-refractivity contribution in [2.75, 3.05) is 6.54 Å². The van der Waals surface area contributed by atoms with Gasteiger partial charge in [0.15, 0.2) is 0 Å². The van der Waals surface area contributed by atoms with E-state index in [0.717, 1.165) is 16.9 Å². The van der Waals surface area contributed by atoms with Crippen molar-refractivity contribution in [3.63, 3.8) is 0 Å². The average molecular weight is 366 g/mol. The van der Waals surface area contributed by atoms with Crippen molar-refractivity contribution in [3.05, 3.63) is 41.1 Å². The van der Waals surface area contributed by atoms with E-state index in [1.807, 2.05) is 0 Å². The van der Waals surface area contributed by atoms with Crippen LogP contribution in [-0.4, -0.2) is 22.0 Å². The second kappa shape index (κ2) is 5.76. The Labute approximate surface area is 126 Å². The highest BCUT2D eigenvalue weighted by Gasteiger charge is 2.57. The molecule has 0 saturated carbocycles. The minimum Gasteiger partial charge on any atom is -0.330 e. The topological polar surface area (TPSA) is 43.8 Å². The first-order chi connectivity index (χ1) is 9.79. The number of imidazole rings is 1. The molecule has 0 saturated heterocycles. The Morgan fingerprint density at radius 2 is 1.76 bits per heavy atom. The molecule has 1 aromatic heterocycles. The van der Waals surface area contributed by atoms with Crippen LogP contribution in [0.1, 0.15) is 6.42 Å². The quantitative estimate of drug-likeness (QED) is 0.818. The molecule has 1 heterocycles. The Morgan fingerprint density at radius 3 is 2.33 bits per heavy atom. The summed E-state index contributed by atoms with van der Waals surface area (Å²) in [5.74, 6) is -4.49. The van der Waals surface area contributed by atoms with E-state index in [0.29, 0.717) is 5.56 Å². The fourth-order valence-electron chi connectivity index (χ4n) is 1.85. The van der Waals surface area contributed by atoms with E-state index in [9.17, 15) is 17.6 Å². The van der Waals surface area contributed by atoms with Crippen molar-refractivity contribution in [3.8, 4) is 11.4 Å². The minimum atomic E-state index is -4.41. The van der Waals surface area contributed by atoms with Crippen LogP contribution in [-0.2, 0) is 6.05 Å². The van der Waals surface area contributed by atoms with E-state index in [-0.39, 0.29) is 10.4 Å². The zero-order chi connectivity index (χ0) is 15.7. The van der Waals surface area contributed by atoms with Gasteiger partial charge in [0.05, 0.1) is 0 Å². The third-order valence-corrected chi connectivity index (χ3v) is 3.47. The average Bonchev–Trinajstić information content (AvgIpc) is 2.89. The molecule has 8 heteroatoms. The summed E-state index contributed by atoms with van der Waals surface area (Å²) in [5, 5.41) is 0. The van der Waals surface area contributed by atoms with Gasteiger partial charge in [-0.05, 0) is 18.7 Å². The second-order valence-electron chi connectivity index (χ2n) is 4.41. The van der Waals surface area contributed by atoms with E-state index in [4.69, 9.17) is 5.73 Å². The molecule has 0 unspecified atom stereocenters. The Morgan fingerprint density at radius 1 is 1.14 bits per heavy atom. The first kappa shape index (κ1) is 16.0. The number of nitrogens with two attached hydrogens (primary N) is 1. The zero-order valence-corrected chi connectivity index (χ0v) is 12.3. The van der Waals surface area contributed by atoms with Crippen LogP contribution in [0.4, 0.5) is 17.6 Å². The van der Waals surface area contributed by atoms with Crippen molar-refractivity contribution in [2.45, 2.75) is 18.4 Å². The summed E-state index contributed by atoms with van der Waals surface area (Å²) in [4.78, 5) is 3.76. The molecule has 0 aliphatic heterocycles. The van der Waals surface area contributed by atoms with Crippen molar-refractivity contribution in [1.82, 2.24) is 9.55 Å². The molecule has 2 N–H and O–H groups in total. The van der Waals surface area contributed by atoms with E-state index >= 15 is 0 Å². The Hall–Kier alpha value is -1.41. The number of rotatable bonds is 5. The Balaban J connectivity index is 2.47. The maximum atomic E-state index is 14.1. The second-order valence-corrected chi connectivity index (χ2v) is 5.33. The standard InChI is InChI=1S/C13H12BrF4N3/c14-10-3-1-9(2-4-10)11-20-7-8-21(11)13(17,18)12(15,16)5-6-19/h1-4,7-8H,5-6,19H2. The van der Waals surface area contributed by atoms with Gasteiger partial charge in [0.1, 0.15) is 5.82 Å². The van der Waals surface area contributed by atoms with Gasteiger partial charge in [-0.3, -0.25) is 4.57 Å². The summed E-state index contributed by atoms with van der Waals surface area (Å²) in [5.41, 5.74) is 5.30. The molecule has 0 radical (unpaired) electrons. The van der Waals surface area contributed by atoms with Crippen LogP contribution >= 0.6 is 15.9 Å². The number of alkyl halides is 4. The Bertz CT molecular complexity index is 610. The molecule has 2 rings (SSSR count). The van der Waals surface area contributed by atoms with Crippen molar-refractivity contribution < 1.29 is 17.6 Å². The molecule has 0 amide bonds. The van der Waals surface area contributed by atoms with Gasteiger partial charge < -0.3 is 5.73 Å². The summed E-state index contributed by atoms with van der Waals surface area (Å²) in [7, 11) is 0. The van der Waals surface area contributed by atoms with Crippen LogP contribution in [0.2, 0.25) is 0 Å². The molecule has 114 valence electrons. The lowest BCUT2D eigenvalue weighted by Crippen LogP contribution is -2.44. The van der Waals surface area contributed by atoms with Gasteiger partial charge in [-0.1, -0.05) is 28.1 Å². The van der Waals surface area contributed by atoms with E-state index in [1.165, 1.54) is 12.1 Å². The number of nitrogens with zero attached hydrogens (tertiary/aromatic N) is 2. The van der Waals surface area contributed by atoms with Crippen LogP contribution in [0.3, 0.4) is 0 Å². The molecule has 0 spiro atoms. The lowest BCUT2D eigenvalue weighted by Gasteiger charge is -2.28. The summed E-state index contributed by atoms with van der Waals surface area (Å²) in [6, 6.07) is 1.85. The molecule has 0 atom stereocenters. The van der Waals surface area contributed by atoms with Crippen LogP contribution < -0.4 is 5.73 Å². The largest absolute Gasteiger partial charge is 0.393 e. The maximum Gasteiger partial charge on any atom is 0.393 e. The Kier molecular flexibility index (Phi) is 4.38. The smallest absolute Gasteiger partial charge is 0.330 e. The summed E-state index contributed by atoms with van der Waals surface area (Å²) < 4.78 is 56.4. The molecule has 0 aliphatic rings. The summed E-state index contributed by atoms with van der Waals surface area (Å²) in [6.45, 7) is -0.537. The number of aromatic nitrogens is 2. The lowest BCUT2D eigenvalue weighted by atomic mass is 10.1. The highest BCUT2D eigenvalue weighted by atomic mass is 79.9. The van der Waals surface area contributed by atoms with Gasteiger partial charge in [-0.25, -0.2) is 4.98 Å². The minimum absolute atomic E-state index is 0.186. The molecular weight excluding hydrogens is 354 g/mol. The van der Waals surface area contributed by atoms with Crippen LogP contribution in [0.5, 0.6) is 0 Å². The predicted molar refractivity (Wildman–Crippen MR) is 74.2 cm³/mol. The van der Waals surface area contributed by atoms with Gasteiger partial charge in [0, 0.05) is 28.9 Å². The summed E-state index contributed by atoms with van der Waals surface area (Å²) in [6.07, 6.45) is 0.781. The SMILES string of the molecule is NCCC(F)(F)C(F)(F)n1ccnc1-c1ccc(Br)cc1. The van der Waals surface area contributed by atoms with E-state index < -0.39 is 24.9 Å². The van der Waals surface area contributed by atoms with Crippen molar-refractivity contribution in [2.24, 2.45) is 5.73 Å². The fourth-order valence-corrected chi connectivity index (χ4v) is 2.11. The third kappa shape index (κ3) is 2.96. The van der Waals surface area contributed by atoms with Gasteiger partial charge in [-0.15, -0.1) is 0 Å². The fraction of sp³-hybridized carbons (Fsp3) is 0.308. The van der Waals surface area contributed by atoms with Gasteiger partial charge in [0.25, 0.3) is 0 Å². The van der Waals surface area contributed by atoms with Gasteiger partial charge in [0.2, 0.25) is 0 Å². The van der Waals surface area contributed by atoms with Crippen LogP contribution in [0, 0.1) is 0 Å². The number of halogens is 5. The molecule has 21 heavy (non-hydrogen) atoms. The van der Waals surface area contributed by atoms with Crippen molar-refractivity contribution >= 4 is 15.9 Å². The predicted octanol–water partition coefficient (Wildman–Crippen LogP) is 3.85. The first-order valence-corrected chi connectivity index (χ1v) is 6.84. The van der Waals surface area contributed by atoms with Crippen LogP contribution in [0.15, 0.2) is 41.1 Å². The first-order valence-electron chi connectivity index (χ1n) is 6.05. The molecule has 0 fully saturated rings. The van der Waals surface area contributed by atoms with Crippen molar-refractivity contribution in [1.29, 1.82) is 0 Å². The van der Waals surface area contributed by atoms with Crippen LogP contribution in [0.25, 0.3) is 11.4 Å². The third-order valence-electron chi connectivity index (χ3n) is 2.94. The number of benzene rings is 1. The molecule has 2 aromatic rings. The lowest BCUT2D eigenvalue weighted by molar-refractivity contribution is -0.260. The molecule has 1 aromatic carbocycles. The normalized spacial score (nSPS) is 12.7. The van der Waals surface area contributed by atoms with E-state index in [1.54, 1.807) is 12.1 Å². The van der Waals surface area contributed by atoms with E-state index in [2.05, 4.69) is 20.9 Å². The highest BCUT2D eigenvalue weighted by molar-refractivity contribution is 9.10. The van der Waals surface area contributed by atoms with Gasteiger partial charge >= 0.3 is 12.0 Å². The summed E-state index contributed by atoms with van der Waals surface area (Å²) >= 11 is 3.21. The highest BCUT2D eigenvalue weighted by Crippen LogP contribution is 2.42. The molecule has 3 nitrogen and oxygen atoms in total. The molecule has 0 aliphatic carbocycles. The monoisotopic (exact) mass is 365 g/mol.